The lowest BCUT2D eigenvalue weighted by atomic mass is 9.97. The van der Waals surface area contributed by atoms with E-state index in [2.05, 4.69) is 32.0 Å². The topological polar surface area (TPSA) is 12.9 Å². The van der Waals surface area contributed by atoms with Gasteiger partial charge in [-0.25, -0.2) is 0 Å². The van der Waals surface area contributed by atoms with Crippen molar-refractivity contribution in [1.82, 2.24) is 4.98 Å². The van der Waals surface area contributed by atoms with Crippen LogP contribution in [0, 0.1) is 0 Å². The van der Waals surface area contributed by atoms with Crippen molar-refractivity contribution < 1.29 is 0 Å². The zero-order valence-corrected chi connectivity index (χ0v) is 12.4. The molecule has 0 aliphatic heterocycles. The Kier molecular flexibility index (Phi) is 3.49. The van der Waals surface area contributed by atoms with Crippen LogP contribution < -0.4 is 0 Å². The largest absolute Gasteiger partial charge is 0.252 e. The number of fused-ring (bicyclic) bond motifs is 2. The molecule has 1 aliphatic carbocycles. The highest BCUT2D eigenvalue weighted by molar-refractivity contribution is 6.36. The van der Waals surface area contributed by atoms with Gasteiger partial charge in [0.05, 0.1) is 10.5 Å². The van der Waals surface area contributed by atoms with Crippen molar-refractivity contribution in [2.75, 3.05) is 0 Å². The van der Waals surface area contributed by atoms with E-state index in [0.29, 0.717) is 5.92 Å². The van der Waals surface area contributed by atoms with Gasteiger partial charge in [0.25, 0.3) is 0 Å². The lowest BCUT2D eigenvalue weighted by Gasteiger charge is -2.15. The summed E-state index contributed by atoms with van der Waals surface area (Å²) >= 11 is 6.67. The molecule has 0 spiro atoms. The highest BCUT2D eigenvalue weighted by Crippen LogP contribution is 2.35. The van der Waals surface area contributed by atoms with Crippen LogP contribution in [0.4, 0.5) is 0 Å². The summed E-state index contributed by atoms with van der Waals surface area (Å²) in [5.41, 5.74) is 4.96. The first kappa shape index (κ1) is 12.9. The van der Waals surface area contributed by atoms with Crippen molar-refractivity contribution >= 4 is 22.5 Å². The Labute approximate surface area is 120 Å². The average Bonchev–Trinajstić information content (AvgIpc) is 2.63. The van der Waals surface area contributed by atoms with Gasteiger partial charge >= 0.3 is 0 Å². The van der Waals surface area contributed by atoms with Gasteiger partial charge in [-0.3, -0.25) is 4.98 Å². The van der Waals surface area contributed by atoms with Gasteiger partial charge in [-0.15, -0.1) is 0 Å². The maximum Gasteiger partial charge on any atom is 0.0755 e. The van der Waals surface area contributed by atoms with E-state index in [0.717, 1.165) is 28.8 Å². The van der Waals surface area contributed by atoms with E-state index in [1.807, 2.05) is 0 Å². The minimum atomic E-state index is 0.482. The summed E-state index contributed by atoms with van der Waals surface area (Å²) in [5, 5.41) is 2.08. The van der Waals surface area contributed by atoms with E-state index in [1.54, 1.807) is 0 Å². The second kappa shape index (κ2) is 5.13. The third-order valence-corrected chi connectivity index (χ3v) is 4.56. The van der Waals surface area contributed by atoms with E-state index < -0.39 is 0 Å². The number of para-hydroxylation sites is 1. The summed E-state index contributed by atoms with van der Waals surface area (Å²) < 4.78 is 0. The number of aromatic nitrogens is 1. The number of hydrogen-bond donors (Lipinski definition) is 0. The molecule has 3 rings (SSSR count). The minimum Gasteiger partial charge on any atom is -0.252 e. The molecule has 1 aromatic heterocycles. The van der Waals surface area contributed by atoms with E-state index in [9.17, 15) is 0 Å². The second-order valence-electron chi connectivity index (χ2n) is 5.81. The predicted molar refractivity (Wildman–Crippen MR) is 82.1 cm³/mol. The lowest BCUT2D eigenvalue weighted by Crippen LogP contribution is -2.01. The number of nitrogens with zero attached hydrogens (tertiary/aromatic N) is 1. The van der Waals surface area contributed by atoms with Crippen LogP contribution >= 0.6 is 11.6 Å². The van der Waals surface area contributed by atoms with Gasteiger partial charge in [0.15, 0.2) is 0 Å². The van der Waals surface area contributed by atoms with Crippen molar-refractivity contribution in [3.8, 4) is 0 Å². The number of aryl methyl sites for hydroxylation is 1. The van der Waals surface area contributed by atoms with Crippen LogP contribution in [0.1, 0.15) is 55.8 Å². The summed E-state index contributed by atoms with van der Waals surface area (Å²) in [6.45, 7) is 4.44. The Balaban J connectivity index is 2.31. The van der Waals surface area contributed by atoms with Crippen LogP contribution in [-0.2, 0) is 12.8 Å². The molecule has 19 heavy (non-hydrogen) atoms. The Bertz CT molecular complexity index is 616. The fourth-order valence-corrected chi connectivity index (χ4v) is 3.41. The van der Waals surface area contributed by atoms with Gasteiger partial charge in [0.1, 0.15) is 0 Å². The molecule has 1 aliphatic rings. The molecule has 0 amide bonds. The summed E-state index contributed by atoms with van der Waals surface area (Å²) in [6, 6.07) is 6.40. The van der Waals surface area contributed by atoms with Crippen LogP contribution in [0.25, 0.3) is 10.9 Å². The van der Waals surface area contributed by atoms with E-state index in [-0.39, 0.29) is 0 Å². The Morgan fingerprint density at radius 3 is 2.68 bits per heavy atom. The van der Waals surface area contributed by atoms with Crippen LogP contribution in [-0.4, -0.2) is 4.98 Å². The summed E-state index contributed by atoms with van der Waals surface area (Å²) in [6.07, 6.45) is 5.94. The second-order valence-corrected chi connectivity index (χ2v) is 6.19. The van der Waals surface area contributed by atoms with Gasteiger partial charge in [0.2, 0.25) is 0 Å². The van der Waals surface area contributed by atoms with Gasteiger partial charge in [-0.2, -0.15) is 0 Å². The number of halogens is 1. The fraction of sp³-hybridized carbons (Fsp3) is 0.471. The molecule has 0 fully saturated rings. The fourth-order valence-electron chi connectivity index (χ4n) is 3.05. The van der Waals surface area contributed by atoms with Gasteiger partial charge in [-0.05, 0) is 42.7 Å². The van der Waals surface area contributed by atoms with Crippen molar-refractivity contribution in [2.24, 2.45) is 0 Å². The quantitative estimate of drug-likeness (QED) is 0.644. The minimum absolute atomic E-state index is 0.482. The Morgan fingerprint density at radius 1 is 1.11 bits per heavy atom. The monoisotopic (exact) mass is 273 g/mol. The number of pyridine rings is 1. The molecule has 0 N–H and O–H groups in total. The van der Waals surface area contributed by atoms with Gasteiger partial charge in [0, 0.05) is 11.1 Å². The zero-order valence-electron chi connectivity index (χ0n) is 11.7. The molecular weight excluding hydrogens is 254 g/mol. The molecule has 2 aromatic rings. The molecule has 100 valence electrons. The summed E-state index contributed by atoms with van der Waals surface area (Å²) in [7, 11) is 0. The molecule has 0 saturated carbocycles. The van der Waals surface area contributed by atoms with Crippen molar-refractivity contribution in [3.05, 3.63) is 40.0 Å². The van der Waals surface area contributed by atoms with Crippen LogP contribution in [0.3, 0.4) is 0 Å². The van der Waals surface area contributed by atoms with Crippen molar-refractivity contribution in [1.29, 1.82) is 0 Å². The van der Waals surface area contributed by atoms with E-state index >= 15 is 0 Å². The molecule has 0 radical (unpaired) electrons. The lowest BCUT2D eigenvalue weighted by molar-refractivity contribution is 0.709. The van der Waals surface area contributed by atoms with Crippen LogP contribution in [0.2, 0.25) is 5.02 Å². The highest BCUT2D eigenvalue weighted by atomic mass is 35.5. The molecule has 0 unspecified atom stereocenters. The maximum atomic E-state index is 6.67. The highest BCUT2D eigenvalue weighted by Gasteiger charge is 2.17. The molecular formula is C17H20ClN. The SMILES string of the molecule is CC(C)c1cccc2c(Cl)c3c(nc12)CCCCC3. The molecule has 0 atom stereocenters. The first-order valence-electron chi connectivity index (χ1n) is 7.28. The third-order valence-electron chi connectivity index (χ3n) is 4.13. The Hall–Kier alpha value is -1.08. The first-order valence-corrected chi connectivity index (χ1v) is 7.66. The first-order chi connectivity index (χ1) is 9.18. The van der Waals surface area contributed by atoms with Crippen molar-refractivity contribution in [2.45, 2.75) is 51.9 Å². The van der Waals surface area contributed by atoms with E-state index in [1.165, 1.54) is 36.1 Å². The molecule has 2 heteroatoms. The van der Waals surface area contributed by atoms with Gasteiger partial charge in [-0.1, -0.05) is 50.1 Å². The normalized spacial score (nSPS) is 15.6. The predicted octanol–water partition coefficient (Wildman–Crippen LogP) is 5.28. The standard InChI is InChI=1S/C17H20ClN/c1-11(2)12-8-6-9-14-16(18)13-7-4-3-5-10-15(13)19-17(12)14/h6,8-9,11H,3-5,7,10H2,1-2H3. The smallest absolute Gasteiger partial charge is 0.0755 e. The maximum absolute atomic E-state index is 6.67. The summed E-state index contributed by atoms with van der Waals surface area (Å²) in [5.74, 6) is 0.482. The number of hydrogen-bond acceptors (Lipinski definition) is 1. The Morgan fingerprint density at radius 2 is 1.89 bits per heavy atom. The number of benzene rings is 1. The molecule has 0 saturated heterocycles. The molecule has 1 heterocycles. The zero-order chi connectivity index (χ0) is 13.4. The molecule has 1 aromatic carbocycles. The molecule has 1 nitrogen and oxygen atoms in total. The average molecular weight is 274 g/mol. The van der Waals surface area contributed by atoms with Gasteiger partial charge < -0.3 is 0 Å². The van der Waals surface area contributed by atoms with Crippen LogP contribution in [0.5, 0.6) is 0 Å². The third kappa shape index (κ3) is 2.25. The molecule has 0 bridgehead atoms. The van der Waals surface area contributed by atoms with Crippen molar-refractivity contribution in [3.63, 3.8) is 0 Å². The van der Waals surface area contributed by atoms with E-state index in [4.69, 9.17) is 16.6 Å². The summed E-state index contributed by atoms with van der Waals surface area (Å²) in [4.78, 5) is 4.97. The number of rotatable bonds is 1. The van der Waals surface area contributed by atoms with Crippen LogP contribution in [0.15, 0.2) is 18.2 Å².